The Balaban J connectivity index is 1.66. The van der Waals surface area contributed by atoms with Crippen LogP contribution >= 0.6 is 11.3 Å². The monoisotopic (exact) mass is 351 g/mol. The van der Waals surface area contributed by atoms with E-state index in [0.29, 0.717) is 6.54 Å². The fourth-order valence-corrected chi connectivity index (χ4v) is 3.65. The zero-order chi connectivity index (χ0) is 17.5. The van der Waals surface area contributed by atoms with E-state index in [1.54, 1.807) is 11.3 Å². The van der Waals surface area contributed by atoms with Gasteiger partial charge in [-0.2, -0.15) is 0 Å². The van der Waals surface area contributed by atoms with E-state index in [0.717, 1.165) is 5.56 Å². The van der Waals surface area contributed by atoms with Crippen molar-refractivity contribution >= 4 is 17.2 Å². The Bertz CT molecular complexity index is 772. The molecule has 0 aliphatic rings. The van der Waals surface area contributed by atoms with Crippen LogP contribution in [-0.4, -0.2) is 11.9 Å². The first-order valence-corrected chi connectivity index (χ1v) is 9.37. The van der Waals surface area contributed by atoms with E-state index in [9.17, 15) is 4.79 Å². The van der Waals surface area contributed by atoms with Gasteiger partial charge < -0.3 is 10.6 Å². The minimum Gasteiger partial charge on any atom is -0.347 e. The van der Waals surface area contributed by atoms with E-state index in [4.69, 9.17) is 0 Å². The molecule has 0 aliphatic carbocycles. The molecule has 1 aromatic heterocycles. The lowest BCUT2D eigenvalue weighted by atomic mass is 10.0. The molecule has 0 unspecified atom stereocenters. The van der Waals surface area contributed by atoms with Gasteiger partial charge in [0.2, 0.25) is 0 Å². The van der Waals surface area contributed by atoms with E-state index in [2.05, 4.69) is 40.3 Å². The lowest BCUT2D eigenvalue weighted by molar-refractivity contribution is -0.704. The molecule has 3 nitrogen and oxygen atoms in total. The summed E-state index contributed by atoms with van der Waals surface area (Å²) in [7, 11) is 0. The van der Waals surface area contributed by atoms with Gasteiger partial charge in [0.05, 0.1) is 4.88 Å². The summed E-state index contributed by atoms with van der Waals surface area (Å²) < 4.78 is 0. The smallest absolute Gasteiger partial charge is 0.278 e. The van der Waals surface area contributed by atoms with Crippen molar-refractivity contribution in [2.75, 3.05) is 0 Å². The van der Waals surface area contributed by atoms with Gasteiger partial charge in [-0.25, -0.2) is 0 Å². The number of carbonyl (C=O) groups excluding carboxylic acids is 1. The Morgan fingerprint density at radius 2 is 1.68 bits per heavy atom. The van der Waals surface area contributed by atoms with Gasteiger partial charge in [0.1, 0.15) is 6.04 Å². The molecule has 25 heavy (non-hydrogen) atoms. The number of nitrogens with one attached hydrogen (secondary N) is 1. The fraction of sp³-hybridized carbons (Fsp3) is 0.190. The molecule has 0 bridgehead atoms. The molecule has 2 aromatic carbocycles. The second-order valence-corrected chi connectivity index (χ2v) is 7.07. The van der Waals surface area contributed by atoms with E-state index >= 15 is 0 Å². The van der Waals surface area contributed by atoms with Crippen molar-refractivity contribution in [2.45, 2.75) is 25.6 Å². The number of carbonyl (C=O) groups is 1. The average Bonchev–Trinajstić information content (AvgIpc) is 3.20. The first kappa shape index (κ1) is 17.4. The third kappa shape index (κ3) is 4.78. The normalized spacial score (nSPS) is 13.2. The third-order valence-electron chi connectivity index (χ3n) is 4.21. The van der Waals surface area contributed by atoms with E-state index < -0.39 is 0 Å². The summed E-state index contributed by atoms with van der Waals surface area (Å²) in [6.45, 7) is 2.52. The van der Waals surface area contributed by atoms with Crippen LogP contribution in [0.15, 0.2) is 78.2 Å². The number of hydrogen-bond acceptors (Lipinski definition) is 2. The number of benzene rings is 2. The van der Waals surface area contributed by atoms with E-state index in [1.807, 2.05) is 55.5 Å². The van der Waals surface area contributed by atoms with Gasteiger partial charge in [-0.3, -0.25) is 4.79 Å². The van der Waals surface area contributed by atoms with Crippen molar-refractivity contribution < 1.29 is 10.1 Å². The molecule has 0 aliphatic heterocycles. The number of amides is 1. The summed E-state index contributed by atoms with van der Waals surface area (Å²) in [5, 5.41) is 7.26. The van der Waals surface area contributed by atoms with Crippen molar-refractivity contribution in [3.05, 3.63) is 94.2 Å². The number of rotatable bonds is 7. The molecule has 0 spiro atoms. The highest BCUT2D eigenvalue weighted by Crippen LogP contribution is 2.22. The largest absolute Gasteiger partial charge is 0.347 e. The molecular weight excluding hydrogens is 328 g/mol. The summed E-state index contributed by atoms with van der Waals surface area (Å²) in [5.74, 6) is 0.0568. The van der Waals surface area contributed by atoms with Crippen LogP contribution in [0.25, 0.3) is 0 Å². The maximum Gasteiger partial charge on any atom is 0.278 e. The number of quaternary nitrogens is 1. The van der Waals surface area contributed by atoms with Crippen molar-refractivity contribution in [1.29, 1.82) is 0 Å². The van der Waals surface area contributed by atoms with Gasteiger partial charge >= 0.3 is 0 Å². The molecule has 1 heterocycles. The van der Waals surface area contributed by atoms with Crippen LogP contribution in [0.5, 0.6) is 0 Å². The SMILES string of the molecule is C[C@H]([NH2+][C@H](c1ccccc1)c1cccs1)C(=O)NCc1ccccc1. The van der Waals surface area contributed by atoms with Crippen molar-refractivity contribution in [1.82, 2.24) is 5.32 Å². The minimum atomic E-state index is -0.170. The fourth-order valence-electron chi connectivity index (χ4n) is 2.82. The van der Waals surface area contributed by atoms with E-state index in [-0.39, 0.29) is 18.0 Å². The first-order chi connectivity index (χ1) is 12.2. The van der Waals surface area contributed by atoms with Crippen LogP contribution in [-0.2, 0) is 11.3 Å². The highest BCUT2D eigenvalue weighted by molar-refractivity contribution is 7.10. The van der Waals surface area contributed by atoms with Crippen LogP contribution in [0.1, 0.15) is 29.0 Å². The van der Waals surface area contributed by atoms with Gasteiger partial charge in [-0.15, -0.1) is 11.3 Å². The Labute approximate surface area is 152 Å². The molecule has 3 rings (SSSR count). The van der Waals surface area contributed by atoms with Crippen LogP contribution < -0.4 is 10.6 Å². The van der Waals surface area contributed by atoms with Crippen molar-refractivity contribution in [3.63, 3.8) is 0 Å². The molecule has 0 fully saturated rings. The summed E-state index contributed by atoms with van der Waals surface area (Å²) in [6.07, 6.45) is 0. The molecule has 4 heteroatoms. The van der Waals surface area contributed by atoms with Crippen LogP contribution in [0.2, 0.25) is 0 Å². The van der Waals surface area contributed by atoms with Crippen molar-refractivity contribution in [3.8, 4) is 0 Å². The van der Waals surface area contributed by atoms with E-state index in [1.165, 1.54) is 10.4 Å². The lowest BCUT2D eigenvalue weighted by Gasteiger charge is -2.19. The number of hydrogen-bond donors (Lipinski definition) is 2. The highest BCUT2D eigenvalue weighted by Gasteiger charge is 2.25. The molecule has 128 valence electrons. The molecule has 0 saturated carbocycles. The zero-order valence-corrected chi connectivity index (χ0v) is 15.1. The quantitative estimate of drug-likeness (QED) is 0.675. The second-order valence-electron chi connectivity index (χ2n) is 6.09. The standard InChI is InChI=1S/C21H22N2OS/c1-16(21(24)22-15-17-9-4-2-5-10-17)23-20(19-13-8-14-25-19)18-11-6-3-7-12-18/h2-14,16,20,23H,15H2,1H3,(H,22,24)/p+1/t16-,20+/m0/s1. The van der Waals surface area contributed by atoms with Crippen LogP contribution in [0.3, 0.4) is 0 Å². The molecule has 3 N–H and O–H groups in total. The maximum atomic E-state index is 12.5. The molecule has 0 saturated heterocycles. The zero-order valence-electron chi connectivity index (χ0n) is 14.3. The number of nitrogens with two attached hydrogens (primary N) is 1. The van der Waals surface area contributed by atoms with Gasteiger partial charge in [0.15, 0.2) is 6.04 Å². The summed E-state index contributed by atoms with van der Waals surface area (Å²) in [4.78, 5) is 13.8. The molecular formula is C21H23N2OS+. The predicted molar refractivity (Wildman–Crippen MR) is 102 cm³/mol. The highest BCUT2D eigenvalue weighted by atomic mass is 32.1. The molecule has 3 aromatic rings. The molecule has 0 radical (unpaired) electrons. The van der Waals surface area contributed by atoms with Gasteiger partial charge in [-0.1, -0.05) is 66.7 Å². The van der Waals surface area contributed by atoms with Gasteiger partial charge in [0.25, 0.3) is 5.91 Å². The van der Waals surface area contributed by atoms with Gasteiger partial charge in [-0.05, 0) is 23.9 Å². The number of thiophene rings is 1. The predicted octanol–water partition coefficient (Wildman–Crippen LogP) is 3.11. The summed E-state index contributed by atoms with van der Waals surface area (Å²) >= 11 is 1.73. The Kier molecular flexibility index (Phi) is 5.99. The first-order valence-electron chi connectivity index (χ1n) is 8.49. The maximum absolute atomic E-state index is 12.5. The molecule has 2 atom stereocenters. The third-order valence-corrected chi connectivity index (χ3v) is 5.17. The average molecular weight is 351 g/mol. The topological polar surface area (TPSA) is 45.7 Å². The Morgan fingerprint density at radius 1 is 1.00 bits per heavy atom. The summed E-state index contributed by atoms with van der Waals surface area (Å²) in [6, 6.07) is 24.5. The Hall–Kier alpha value is -2.43. The van der Waals surface area contributed by atoms with Gasteiger partial charge in [0, 0.05) is 12.1 Å². The summed E-state index contributed by atoms with van der Waals surface area (Å²) in [5.41, 5.74) is 2.33. The lowest BCUT2D eigenvalue weighted by Crippen LogP contribution is -2.92. The van der Waals surface area contributed by atoms with Crippen LogP contribution in [0, 0.1) is 0 Å². The minimum absolute atomic E-state index is 0.0568. The second kappa shape index (κ2) is 8.60. The Morgan fingerprint density at radius 3 is 2.32 bits per heavy atom. The molecule has 1 amide bonds. The van der Waals surface area contributed by atoms with Crippen molar-refractivity contribution in [2.24, 2.45) is 0 Å². The van der Waals surface area contributed by atoms with Crippen LogP contribution in [0.4, 0.5) is 0 Å².